The number of aromatic nitrogens is 4. The van der Waals surface area contributed by atoms with Gasteiger partial charge in [0, 0.05) is 12.6 Å². The quantitative estimate of drug-likeness (QED) is 0.717. The molecule has 3 aromatic rings. The molecule has 2 N–H and O–H groups in total. The van der Waals surface area contributed by atoms with Gasteiger partial charge < -0.3 is 10.3 Å². The zero-order valence-electron chi connectivity index (χ0n) is 10.6. The fourth-order valence-corrected chi connectivity index (χ4v) is 2.39. The van der Waals surface area contributed by atoms with Crippen molar-refractivity contribution in [2.45, 2.75) is 0 Å². The molecule has 0 aliphatic heterocycles. The summed E-state index contributed by atoms with van der Waals surface area (Å²) >= 11 is 18.1. The normalized spacial score (nSPS) is 11.0. The lowest BCUT2D eigenvalue weighted by Gasteiger charge is -2.02. The minimum Gasteiger partial charge on any atom is -0.396 e. The number of benzene rings is 1. The van der Waals surface area contributed by atoms with Gasteiger partial charge in [0.2, 0.25) is 5.82 Å². The van der Waals surface area contributed by atoms with Crippen molar-refractivity contribution in [3.05, 3.63) is 33.5 Å². The molecule has 2 aromatic heterocycles. The topological polar surface area (TPSA) is 82.8 Å². The first-order valence-electron chi connectivity index (χ1n) is 5.74. The number of anilines is 1. The van der Waals surface area contributed by atoms with E-state index in [0.717, 1.165) is 0 Å². The van der Waals surface area contributed by atoms with Crippen molar-refractivity contribution >= 4 is 40.5 Å². The van der Waals surface area contributed by atoms with E-state index in [4.69, 9.17) is 45.1 Å². The van der Waals surface area contributed by atoms with E-state index in [1.807, 2.05) is 0 Å². The predicted molar refractivity (Wildman–Crippen MR) is 81.4 cm³/mol. The molecular weight excluding hydrogens is 337 g/mol. The van der Waals surface area contributed by atoms with Gasteiger partial charge in [-0.25, -0.2) is 0 Å². The van der Waals surface area contributed by atoms with Crippen molar-refractivity contribution in [1.82, 2.24) is 19.9 Å². The van der Waals surface area contributed by atoms with Gasteiger partial charge in [0.25, 0.3) is 5.89 Å². The molecule has 0 aliphatic rings. The van der Waals surface area contributed by atoms with Crippen LogP contribution in [-0.2, 0) is 7.05 Å². The van der Waals surface area contributed by atoms with Crippen molar-refractivity contribution in [3.63, 3.8) is 0 Å². The number of aryl methyl sites for hydroxylation is 1. The molecule has 0 amide bonds. The average molecular weight is 345 g/mol. The van der Waals surface area contributed by atoms with Gasteiger partial charge in [-0.3, -0.25) is 4.68 Å². The van der Waals surface area contributed by atoms with Crippen LogP contribution in [0.25, 0.3) is 22.8 Å². The molecule has 2 heterocycles. The first-order chi connectivity index (χ1) is 9.97. The van der Waals surface area contributed by atoms with Crippen LogP contribution in [-0.4, -0.2) is 19.9 Å². The highest BCUT2D eigenvalue weighted by atomic mass is 35.5. The van der Waals surface area contributed by atoms with Crippen LogP contribution in [0.3, 0.4) is 0 Å². The molecule has 3 rings (SSSR count). The second-order valence-electron chi connectivity index (χ2n) is 4.25. The molecule has 9 heteroatoms. The van der Waals surface area contributed by atoms with Gasteiger partial charge in [-0.15, -0.1) is 0 Å². The van der Waals surface area contributed by atoms with Crippen molar-refractivity contribution < 1.29 is 4.52 Å². The molecule has 21 heavy (non-hydrogen) atoms. The third kappa shape index (κ3) is 2.46. The van der Waals surface area contributed by atoms with Gasteiger partial charge in [-0.1, -0.05) is 40.0 Å². The van der Waals surface area contributed by atoms with Crippen LogP contribution in [0, 0.1) is 0 Å². The Morgan fingerprint density at radius 1 is 1.19 bits per heavy atom. The van der Waals surface area contributed by atoms with Gasteiger partial charge in [0.1, 0.15) is 5.15 Å². The minimum atomic E-state index is 0.257. The second-order valence-corrected chi connectivity index (χ2v) is 5.42. The number of nitrogens with two attached hydrogens (primary N) is 1. The molecule has 0 unspecified atom stereocenters. The monoisotopic (exact) mass is 343 g/mol. The summed E-state index contributed by atoms with van der Waals surface area (Å²) < 4.78 is 6.69. The van der Waals surface area contributed by atoms with Crippen molar-refractivity contribution in [1.29, 1.82) is 0 Å². The third-order valence-electron chi connectivity index (χ3n) is 2.86. The maximum atomic E-state index is 6.08. The summed E-state index contributed by atoms with van der Waals surface area (Å²) in [5, 5.41) is 8.94. The molecule has 0 bridgehead atoms. The second kappa shape index (κ2) is 5.22. The number of hydrogen-bond donors (Lipinski definition) is 1. The maximum Gasteiger partial charge on any atom is 0.263 e. The Kier molecular flexibility index (Phi) is 3.52. The molecule has 0 fully saturated rings. The maximum absolute atomic E-state index is 6.08. The van der Waals surface area contributed by atoms with Gasteiger partial charge in [-0.05, 0) is 12.1 Å². The summed E-state index contributed by atoms with van der Waals surface area (Å²) in [6.07, 6.45) is 1.54. The summed E-state index contributed by atoms with van der Waals surface area (Å²) in [7, 11) is 1.71. The first kappa shape index (κ1) is 14.2. The Hall–Kier alpha value is -1.76. The SMILES string of the molecule is Cn1ncc(-c2nc(-c3cc(Cl)c(N)c(Cl)c3)no2)c1Cl. The van der Waals surface area contributed by atoms with Crippen molar-refractivity contribution in [2.24, 2.45) is 7.05 Å². The van der Waals surface area contributed by atoms with Crippen LogP contribution in [0.2, 0.25) is 15.2 Å². The molecule has 6 nitrogen and oxygen atoms in total. The lowest BCUT2D eigenvalue weighted by atomic mass is 10.2. The molecule has 1 aromatic carbocycles. The van der Waals surface area contributed by atoms with Crippen LogP contribution < -0.4 is 5.73 Å². The zero-order valence-corrected chi connectivity index (χ0v) is 12.9. The van der Waals surface area contributed by atoms with Gasteiger partial charge in [0.15, 0.2) is 0 Å². The van der Waals surface area contributed by atoms with E-state index >= 15 is 0 Å². The fourth-order valence-electron chi connectivity index (χ4n) is 1.73. The highest BCUT2D eigenvalue weighted by molar-refractivity contribution is 6.39. The van der Waals surface area contributed by atoms with E-state index in [9.17, 15) is 0 Å². The molecule has 0 spiro atoms. The summed E-state index contributed by atoms with van der Waals surface area (Å²) in [4.78, 5) is 4.26. The van der Waals surface area contributed by atoms with Gasteiger partial charge in [0.05, 0.1) is 27.5 Å². The standard InChI is InChI=1S/C12H8Cl3N5O/c1-20-10(15)6(4-17-20)12-18-11(19-21-12)5-2-7(13)9(16)8(14)3-5/h2-4H,16H2,1H3. The fraction of sp³-hybridized carbons (Fsp3) is 0.0833. The Morgan fingerprint density at radius 3 is 2.43 bits per heavy atom. The summed E-state index contributed by atoms with van der Waals surface area (Å²) in [6.45, 7) is 0. The van der Waals surface area contributed by atoms with Gasteiger partial charge >= 0.3 is 0 Å². The van der Waals surface area contributed by atoms with E-state index in [1.165, 1.54) is 4.68 Å². The summed E-state index contributed by atoms with van der Waals surface area (Å²) in [5.74, 6) is 0.584. The third-order valence-corrected chi connectivity index (χ3v) is 3.93. The summed E-state index contributed by atoms with van der Waals surface area (Å²) in [6, 6.07) is 3.23. The number of hydrogen-bond acceptors (Lipinski definition) is 5. The molecule has 0 saturated heterocycles. The van der Waals surface area contributed by atoms with E-state index in [0.29, 0.717) is 37.8 Å². The highest BCUT2D eigenvalue weighted by Gasteiger charge is 2.17. The predicted octanol–water partition coefficient (Wildman–Crippen LogP) is 3.68. The minimum absolute atomic E-state index is 0.257. The number of halogens is 3. The number of nitrogens with zero attached hydrogens (tertiary/aromatic N) is 4. The van der Waals surface area contributed by atoms with E-state index < -0.39 is 0 Å². The first-order valence-corrected chi connectivity index (χ1v) is 6.87. The van der Waals surface area contributed by atoms with E-state index in [-0.39, 0.29) is 5.89 Å². The van der Waals surface area contributed by atoms with Crippen LogP contribution >= 0.6 is 34.8 Å². The average Bonchev–Trinajstić information content (AvgIpc) is 3.04. The number of rotatable bonds is 2. The molecule has 0 atom stereocenters. The largest absolute Gasteiger partial charge is 0.396 e. The van der Waals surface area contributed by atoms with Crippen molar-refractivity contribution in [3.8, 4) is 22.8 Å². The lowest BCUT2D eigenvalue weighted by Crippen LogP contribution is -1.90. The van der Waals surface area contributed by atoms with E-state index in [2.05, 4.69) is 15.2 Å². The molecular formula is C12H8Cl3N5O. The molecule has 0 aliphatic carbocycles. The van der Waals surface area contributed by atoms with Crippen molar-refractivity contribution in [2.75, 3.05) is 5.73 Å². The van der Waals surface area contributed by atoms with Crippen LogP contribution in [0.1, 0.15) is 0 Å². The van der Waals surface area contributed by atoms with Gasteiger partial charge in [-0.2, -0.15) is 10.1 Å². The Labute approximate surface area is 134 Å². The van der Waals surface area contributed by atoms with Crippen LogP contribution in [0.4, 0.5) is 5.69 Å². The smallest absolute Gasteiger partial charge is 0.263 e. The van der Waals surface area contributed by atoms with Crippen LogP contribution in [0.5, 0.6) is 0 Å². The lowest BCUT2D eigenvalue weighted by molar-refractivity contribution is 0.432. The zero-order chi connectivity index (χ0) is 15.1. The summed E-state index contributed by atoms with van der Waals surface area (Å²) in [5.41, 5.74) is 7.14. The Balaban J connectivity index is 2.05. The van der Waals surface area contributed by atoms with Crippen LogP contribution in [0.15, 0.2) is 22.9 Å². The Morgan fingerprint density at radius 2 is 1.86 bits per heavy atom. The Bertz CT molecular complexity index is 803. The molecule has 0 radical (unpaired) electrons. The molecule has 0 saturated carbocycles. The highest BCUT2D eigenvalue weighted by Crippen LogP contribution is 2.33. The van der Waals surface area contributed by atoms with E-state index in [1.54, 1.807) is 25.4 Å². The number of nitrogen functional groups attached to an aromatic ring is 1. The molecule has 108 valence electrons.